The third kappa shape index (κ3) is 7.51. The van der Waals surface area contributed by atoms with E-state index in [1.165, 1.54) is 0 Å². The van der Waals surface area contributed by atoms with Crippen molar-refractivity contribution in [2.45, 2.75) is 50.6 Å². The number of hydrogen-bond donors (Lipinski definition) is 3. The number of rotatable bonds is 10. The number of aromatic nitrogens is 1. The maximum Gasteiger partial charge on any atom is 0.247 e. The van der Waals surface area contributed by atoms with E-state index in [1.807, 2.05) is 103 Å². The lowest BCUT2D eigenvalue weighted by Gasteiger charge is -2.24. The highest BCUT2D eigenvalue weighted by atomic mass is 16.2. The van der Waals surface area contributed by atoms with Gasteiger partial charge < -0.3 is 25.4 Å². The molecule has 2 fully saturated rings. The molecule has 0 bridgehead atoms. The number of aromatic amines is 1. The molecule has 2 saturated heterocycles. The van der Waals surface area contributed by atoms with Crippen molar-refractivity contribution in [2.24, 2.45) is 4.99 Å². The Morgan fingerprint density at radius 2 is 1.23 bits per heavy atom. The molecule has 3 N–H and O–H groups in total. The predicted octanol–water partition coefficient (Wildman–Crippen LogP) is 6.23. The molecule has 0 spiro atoms. The maximum absolute atomic E-state index is 13.5. The smallest absolute Gasteiger partial charge is 0.247 e. The third-order valence-electron chi connectivity index (χ3n) is 9.95. The van der Waals surface area contributed by atoms with Crippen molar-refractivity contribution in [3.63, 3.8) is 0 Å². The van der Waals surface area contributed by atoms with Crippen LogP contribution in [0.5, 0.6) is 0 Å². The van der Waals surface area contributed by atoms with Crippen LogP contribution >= 0.6 is 0 Å². The van der Waals surface area contributed by atoms with Gasteiger partial charge in [-0.05, 0) is 72.7 Å². The van der Waals surface area contributed by atoms with Crippen LogP contribution in [0, 0.1) is 0 Å². The van der Waals surface area contributed by atoms with Gasteiger partial charge in [-0.2, -0.15) is 0 Å². The monoisotopic (exact) mass is 694 g/mol. The molecule has 2 atom stereocenters. The summed E-state index contributed by atoms with van der Waals surface area (Å²) in [6, 6.07) is 31.5. The van der Waals surface area contributed by atoms with Crippen molar-refractivity contribution in [3.8, 4) is 11.3 Å². The number of benzene rings is 4. The van der Waals surface area contributed by atoms with E-state index in [1.54, 1.807) is 23.1 Å². The molecule has 5 aromatic rings. The van der Waals surface area contributed by atoms with Crippen LogP contribution in [0.3, 0.4) is 0 Å². The standard InChI is InChI=1S/C42H42N6O4/c1-43-27-34-33-26-32(45-42(52)37-15-9-23-48(37)39(50)25-29-12-6-3-7-13-29)20-21-35(33)46-40(34)30-16-18-31(19-17-30)44-41(51)36-14-8-22-47(36)38(49)24-28-10-4-2-5-11-28/h2-7,10-13,16-21,26-27,36-37,46H,8-9,14-15,22-25H2,1H3,(H,44,51)(H,45,52)/b43-27+/t36-,37-/m0/s1. The molecular weight excluding hydrogens is 652 g/mol. The van der Waals surface area contributed by atoms with E-state index < -0.39 is 12.1 Å². The average molecular weight is 695 g/mol. The van der Waals surface area contributed by atoms with Gasteiger partial charge in [0.25, 0.3) is 0 Å². The Hall–Kier alpha value is -6.03. The number of nitrogens with zero attached hydrogens (tertiary/aromatic N) is 3. The molecule has 2 aliphatic heterocycles. The minimum absolute atomic E-state index is 0.0414. The molecule has 0 saturated carbocycles. The SMILES string of the molecule is C/N=C/c1c(-c2ccc(NC(=O)[C@@H]3CCCN3C(=O)Cc3ccccc3)cc2)[nH]c2ccc(NC(=O)[C@@H]3CCCN3C(=O)Cc3ccccc3)cc12. The van der Waals surface area contributed by atoms with Crippen LogP contribution in [0.15, 0.2) is 108 Å². The van der Waals surface area contributed by atoms with Gasteiger partial charge in [0.05, 0.1) is 18.5 Å². The van der Waals surface area contributed by atoms with Crippen LogP contribution in [0.2, 0.25) is 0 Å². The van der Waals surface area contributed by atoms with Crippen LogP contribution in [0.1, 0.15) is 42.4 Å². The number of amides is 4. The van der Waals surface area contributed by atoms with Crippen molar-refractivity contribution in [1.82, 2.24) is 14.8 Å². The molecule has 0 radical (unpaired) electrons. The Balaban J connectivity index is 1.03. The second kappa shape index (κ2) is 15.5. The molecular formula is C42H42N6O4. The lowest BCUT2D eigenvalue weighted by Crippen LogP contribution is -2.43. The topological polar surface area (TPSA) is 127 Å². The van der Waals surface area contributed by atoms with Crippen LogP contribution in [-0.4, -0.2) is 76.8 Å². The summed E-state index contributed by atoms with van der Waals surface area (Å²) in [6.07, 6.45) is 5.16. The first kappa shape index (κ1) is 34.4. The van der Waals surface area contributed by atoms with E-state index in [9.17, 15) is 19.2 Å². The van der Waals surface area contributed by atoms with E-state index in [-0.39, 0.29) is 36.5 Å². The summed E-state index contributed by atoms with van der Waals surface area (Å²) in [7, 11) is 1.71. The van der Waals surface area contributed by atoms with Gasteiger partial charge in [0.15, 0.2) is 0 Å². The second-order valence-corrected chi connectivity index (χ2v) is 13.4. The zero-order valence-electron chi connectivity index (χ0n) is 29.2. The van der Waals surface area contributed by atoms with E-state index in [2.05, 4.69) is 20.6 Å². The first-order chi connectivity index (χ1) is 25.4. The van der Waals surface area contributed by atoms with E-state index >= 15 is 0 Å². The van der Waals surface area contributed by atoms with Crippen molar-refractivity contribution in [2.75, 3.05) is 30.8 Å². The number of likely N-dealkylation sites (tertiary alicyclic amines) is 2. The number of carbonyl (C=O) groups excluding carboxylic acids is 4. The Bertz CT molecular complexity index is 2110. The molecule has 52 heavy (non-hydrogen) atoms. The van der Waals surface area contributed by atoms with Gasteiger partial charge in [0.2, 0.25) is 23.6 Å². The van der Waals surface area contributed by atoms with Crippen LogP contribution in [-0.2, 0) is 32.0 Å². The number of H-pyrrole nitrogens is 1. The highest BCUT2D eigenvalue weighted by Gasteiger charge is 2.35. The molecule has 1 aromatic heterocycles. The first-order valence-electron chi connectivity index (χ1n) is 17.8. The molecule has 4 aromatic carbocycles. The number of aliphatic imine (C=N–C) groups is 1. The minimum Gasteiger partial charge on any atom is -0.354 e. The van der Waals surface area contributed by atoms with Gasteiger partial charge in [-0.25, -0.2) is 0 Å². The predicted molar refractivity (Wildman–Crippen MR) is 204 cm³/mol. The normalized spacial score (nSPS) is 17.2. The zero-order valence-corrected chi connectivity index (χ0v) is 29.2. The fourth-order valence-corrected chi connectivity index (χ4v) is 7.37. The Morgan fingerprint density at radius 1 is 0.712 bits per heavy atom. The summed E-state index contributed by atoms with van der Waals surface area (Å²) >= 11 is 0. The Morgan fingerprint density at radius 3 is 1.77 bits per heavy atom. The summed E-state index contributed by atoms with van der Waals surface area (Å²) < 4.78 is 0. The number of nitrogens with one attached hydrogen (secondary N) is 3. The molecule has 10 nitrogen and oxygen atoms in total. The fraction of sp³-hybridized carbons (Fsp3) is 0.262. The molecule has 7 rings (SSSR count). The van der Waals surface area contributed by atoms with Crippen molar-refractivity contribution < 1.29 is 19.2 Å². The fourth-order valence-electron chi connectivity index (χ4n) is 7.37. The first-order valence-corrected chi connectivity index (χ1v) is 17.8. The summed E-state index contributed by atoms with van der Waals surface area (Å²) in [5, 5.41) is 6.96. The third-order valence-corrected chi connectivity index (χ3v) is 9.95. The molecule has 0 unspecified atom stereocenters. The van der Waals surface area contributed by atoms with Gasteiger partial charge in [-0.15, -0.1) is 0 Å². The molecule has 2 aliphatic rings. The minimum atomic E-state index is -0.518. The second-order valence-electron chi connectivity index (χ2n) is 13.4. The van der Waals surface area contributed by atoms with Crippen LogP contribution in [0.4, 0.5) is 11.4 Å². The number of carbonyl (C=O) groups is 4. The lowest BCUT2D eigenvalue weighted by atomic mass is 10.0. The lowest BCUT2D eigenvalue weighted by molar-refractivity contribution is -0.136. The van der Waals surface area contributed by atoms with Gasteiger partial charge >= 0.3 is 0 Å². The molecule has 0 aliphatic carbocycles. The van der Waals surface area contributed by atoms with E-state index in [4.69, 9.17) is 0 Å². The van der Waals surface area contributed by atoms with E-state index in [0.717, 1.165) is 51.7 Å². The average Bonchev–Trinajstić information content (AvgIpc) is 3.93. The Labute approximate surface area is 302 Å². The number of hydrogen-bond acceptors (Lipinski definition) is 5. The number of anilines is 2. The largest absolute Gasteiger partial charge is 0.354 e. The highest BCUT2D eigenvalue weighted by Crippen LogP contribution is 2.32. The Kier molecular flexibility index (Phi) is 10.2. The highest BCUT2D eigenvalue weighted by molar-refractivity contribution is 6.08. The summed E-state index contributed by atoms with van der Waals surface area (Å²) in [5.74, 6) is -0.470. The number of fused-ring (bicyclic) bond motifs is 1. The maximum atomic E-state index is 13.5. The quantitative estimate of drug-likeness (QED) is 0.150. The van der Waals surface area contributed by atoms with Crippen LogP contribution < -0.4 is 10.6 Å². The molecule has 10 heteroatoms. The van der Waals surface area contributed by atoms with Gasteiger partial charge in [0, 0.05) is 54.2 Å². The van der Waals surface area contributed by atoms with Crippen molar-refractivity contribution in [3.05, 3.63) is 120 Å². The summed E-state index contributed by atoms with van der Waals surface area (Å²) in [6.45, 7) is 1.14. The zero-order chi connectivity index (χ0) is 36.0. The summed E-state index contributed by atoms with van der Waals surface area (Å²) in [4.78, 5) is 64.2. The molecule has 264 valence electrons. The summed E-state index contributed by atoms with van der Waals surface area (Å²) in [5.41, 5.74) is 6.64. The molecule has 3 heterocycles. The van der Waals surface area contributed by atoms with E-state index in [0.29, 0.717) is 37.3 Å². The van der Waals surface area contributed by atoms with Gasteiger partial charge in [0.1, 0.15) is 12.1 Å². The van der Waals surface area contributed by atoms with Gasteiger partial charge in [-0.1, -0.05) is 72.8 Å². The molecule has 4 amide bonds. The van der Waals surface area contributed by atoms with Gasteiger partial charge in [-0.3, -0.25) is 24.2 Å². The van der Waals surface area contributed by atoms with Crippen molar-refractivity contribution >= 4 is 52.1 Å². The van der Waals surface area contributed by atoms with Crippen molar-refractivity contribution in [1.29, 1.82) is 0 Å². The van der Waals surface area contributed by atoms with Crippen LogP contribution in [0.25, 0.3) is 22.2 Å².